The molecular weight excluding hydrogens is 272 g/mol. The van der Waals surface area contributed by atoms with Gasteiger partial charge in [-0.15, -0.1) is 0 Å². The Morgan fingerprint density at radius 3 is 2.71 bits per heavy atom. The van der Waals surface area contributed by atoms with Crippen molar-refractivity contribution >= 4 is 17.3 Å². The second kappa shape index (κ2) is 6.14. The van der Waals surface area contributed by atoms with E-state index in [-0.39, 0.29) is 17.3 Å². The Hall–Kier alpha value is -2.74. The molecule has 0 radical (unpaired) electrons. The third kappa shape index (κ3) is 3.06. The van der Waals surface area contributed by atoms with Gasteiger partial charge in [-0.1, -0.05) is 24.3 Å². The van der Waals surface area contributed by atoms with Gasteiger partial charge in [0.05, 0.1) is 4.92 Å². The topological polar surface area (TPSA) is 110 Å². The maximum Gasteiger partial charge on any atom is 0.354 e. The average Bonchev–Trinajstić information content (AvgIpc) is 2.48. The molecule has 8 heteroatoms. The van der Waals surface area contributed by atoms with Crippen molar-refractivity contribution in [1.82, 2.24) is 9.97 Å². The summed E-state index contributed by atoms with van der Waals surface area (Å²) in [4.78, 5) is 20.2. The van der Waals surface area contributed by atoms with Crippen LogP contribution in [0, 0.1) is 17.0 Å². The summed E-state index contributed by atoms with van der Waals surface area (Å²) in [5.41, 5.74) is 4.16. The standard InChI is InChI=1S/C13H16N6O2/c1-9-5-3-4-6-10(9)7-18(2)13-11(19(20)21)12(17-14)15-8-16-13/h3-6,8H,7,14H2,1-2H3,(H,15,16,17). The fourth-order valence-electron chi connectivity index (χ4n) is 2.04. The van der Waals surface area contributed by atoms with E-state index in [1.54, 1.807) is 11.9 Å². The van der Waals surface area contributed by atoms with Crippen LogP contribution >= 0.6 is 0 Å². The highest BCUT2D eigenvalue weighted by molar-refractivity contribution is 5.69. The van der Waals surface area contributed by atoms with Crippen LogP contribution in [0.1, 0.15) is 11.1 Å². The highest BCUT2D eigenvalue weighted by atomic mass is 16.6. The Morgan fingerprint density at radius 1 is 1.38 bits per heavy atom. The number of nitrogens with one attached hydrogen (secondary N) is 1. The molecule has 0 unspecified atom stereocenters. The quantitative estimate of drug-likeness (QED) is 0.488. The molecule has 0 saturated heterocycles. The molecule has 0 spiro atoms. The first-order chi connectivity index (χ1) is 10.0. The van der Waals surface area contributed by atoms with Crippen molar-refractivity contribution in [2.75, 3.05) is 17.4 Å². The van der Waals surface area contributed by atoms with Crippen LogP contribution in [-0.4, -0.2) is 21.9 Å². The highest BCUT2D eigenvalue weighted by Gasteiger charge is 2.25. The number of hydrogen-bond donors (Lipinski definition) is 2. The van der Waals surface area contributed by atoms with Crippen molar-refractivity contribution in [3.63, 3.8) is 0 Å². The van der Waals surface area contributed by atoms with Gasteiger partial charge in [0, 0.05) is 13.6 Å². The second-order valence-corrected chi connectivity index (χ2v) is 4.58. The number of nitrogen functional groups attached to an aromatic ring is 1. The number of nitro groups is 1. The van der Waals surface area contributed by atoms with Crippen LogP contribution in [0.2, 0.25) is 0 Å². The number of nitrogens with zero attached hydrogens (tertiary/aromatic N) is 4. The van der Waals surface area contributed by atoms with E-state index in [1.807, 2.05) is 31.2 Å². The van der Waals surface area contributed by atoms with Crippen molar-refractivity contribution in [2.45, 2.75) is 13.5 Å². The van der Waals surface area contributed by atoms with Crippen LogP contribution in [0.5, 0.6) is 0 Å². The van der Waals surface area contributed by atoms with E-state index >= 15 is 0 Å². The average molecular weight is 288 g/mol. The minimum absolute atomic E-state index is 0.0124. The molecule has 0 saturated carbocycles. The molecule has 1 aromatic heterocycles. The van der Waals surface area contributed by atoms with Crippen molar-refractivity contribution in [1.29, 1.82) is 0 Å². The maximum absolute atomic E-state index is 11.2. The van der Waals surface area contributed by atoms with Crippen LogP contribution in [-0.2, 0) is 6.54 Å². The largest absolute Gasteiger partial charge is 0.354 e. The van der Waals surface area contributed by atoms with Gasteiger partial charge in [0.25, 0.3) is 0 Å². The molecule has 1 heterocycles. The van der Waals surface area contributed by atoms with E-state index in [0.29, 0.717) is 6.54 Å². The zero-order valence-corrected chi connectivity index (χ0v) is 11.8. The highest BCUT2D eigenvalue weighted by Crippen LogP contribution is 2.31. The minimum atomic E-state index is -0.543. The Bertz CT molecular complexity index is 661. The SMILES string of the molecule is Cc1ccccc1CN(C)c1ncnc(NN)c1[N+](=O)[O-]. The van der Waals surface area contributed by atoms with Gasteiger partial charge < -0.3 is 10.3 Å². The number of benzene rings is 1. The van der Waals surface area contributed by atoms with Crippen LogP contribution in [0.25, 0.3) is 0 Å². The van der Waals surface area contributed by atoms with Crippen LogP contribution in [0.15, 0.2) is 30.6 Å². The molecule has 0 aliphatic rings. The van der Waals surface area contributed by atoms with Gasteiger partial charge in [0.15, 0.2) is 0 Å². The molecule has 1 aromatic carbocycles. The van der Waals surface area contributed by atoms with Crippen molar-refractivity contribution in [3.05, 3.63) is 51.8 Å². The van der Waals surface area contributed by atoms with Crippen molar-refractivity contribution < 1.29 is 4.92 Å². The first-order valence-corrected chi connectivity index (χ1v) is 6.26. The maximum atomic E-state index is 11.2. The van der Waals surface area contributed by atoms with E-state index in [2.05, 4.69) is 15.4 Å². The first-order valence-electron chi connectivity index (χ1n) is 6.26. The number of hydrazine groups is 1. The van der Waals surface area contributed by atoms with E-state index in [9.17, 15) is 10.1 Å². The molecule has 0 atom stereocenters. The lowest BCUT2D eigenvalue weighted by Crippen LogP contribution is -2.21. The van der Waals surface area contributed by atoms with Gasteiger partial charge in [-0.2, -0.15) is 0 Å². The zero-order chi connectivity index (χ0) is 15.4. The predicted molar refractivity (Wildman–Crippen MR) is 79.8 cm³/mol. The summed E-state index contributed by atoms with van der Waals surface area (Å²) in [6, 6.07) is 7.84. The second-order valence-electron chi connectivity index (χ2n) is 4.58. The summed E-state index contributed by atoms with van der Waals surface area (Å²) in [5.74, 6) is 5.47. The lowest BCUT2D eigenvalue weighted by Gasteiger charge is -2.19. The number of hydrogen-bond acceptors (Lipinski definition) is 7. The lowest BCUT2D eigenvalue weighted by atomic mass is 10.1. The normalized spacial score (nSPS) is 10.2. The van der Waals surface area contributed by atoms with Gasteiger partial charge in [-0.25, -0.2) is 15.8 Å². The smallest absolute Gasteiger partial charge is 0.349 e. The van der Waals surface area contributed by atoms with Crippen molar-refractivity contribution in [3.8, 4) is 0 Å². The number of anilines is 2. The molecule has 110 valence electrons. The van der Waals surface area contributed by atoms with Gasteiger partial charge >= 0.3 is 5.69 Å². The third-order valence-corrected chi connectivity index (χ3v) is 3.15. The summed E-state index contributed by atoms with van der Waals surface area (Å²) < 4.78 is 0. The number of aromatic nitrogens is 2. The summed E-state index contributed by atoms with van der Waals surface area (Å²) in [5, 5.41) is 11.2. The van der Waals surface area contributed by atoms with E-state index in [4.69, 9.17) is 5.84 Å². The van der Waals surface area contributed by atoms with Gasteiger partial charge in [-0.05, 0) is 18.1 Å². The monoisotopic (exact) mass is 288 g/mol. The first kappa shape index (κ1) is 14.7. The molecule has 0 bridgehead atoms. The third-order valence-electron chi connectivity index (χ3n) is 3.15. The molecule has 0 aliphatic heterocycles. The summed E-state index contributed by atoms with van der Waals surface area (Å²) in [7, 11) is 1.74. The molecule has 0 fully saturated rings. The van der Waals surface area contributed by atoms with Gasteiger partial charge in [-0.3, -0.25) is 10.1 Å². The fraction of sp³-hybridized carbons (Fsp3) is 0.231. The molecular formula is C13H16N6O2. The molecule has 8 nitrogen and oxygen atoms in total. The number of rotatable bonds is 5. The van der Waals surface area contributed by atoms with Crippen LogP contribution in [0.3, 0.4) is 0 Å². The Balaban J connectivity index is 2.37. The molecule has 0 aliphatic carbocycles. The summed E-state index contributed by atoms with van der Waals surface area (Å²) in [6.45, 7) is 2.49. The Morgan fingerprint density at radius 2 is 2.10 bits per heavy atom. The Kier molecular flexibility index (Phi) is 4.29. The number of aryl methyl sites for hydroxylation is 1. The molecule has 21 heavy (non-hydrogen) atoms. The van der Waals surface area contributed by atoms with Gasteiger partial charge in [0.2, 0.25) is 11.6 Å². The minimum Gasteiger partial charge on any atom is -0.349 e. The van der Waals surface area contributed by atoms with E-state index < -0.39 is 4.92 Å². The van der Waals surface area contributed by atoms with E-state index in [0.717, 1.165) is 11.1 Å². The number of nitrogens with two attached hydrogens (primary N) is 1. The molecule has 2 rings (SSSR count). The molecule has 0 amide bonds. The van der Waals surface area contributed by atoms with Crippen LogP contribution < -0.4 is 16.2 Å². The molecule has 2 aromatic rings. The van der Waals surface area contributed by atoms with Gasteiger partial charge in [0.1, 0.15) is 6.33 Å². The van der Waals surface area contributed by atoms with Crippen molar-refractivity contribution in [2.24, 2.45) is 5.84 Å². The fourth-order valence-corrected chi connectivity index (χ4v) is 2.04. The Labute approximate surface area is 121 Å². The predicted octanol–water partition coefficient (Wildman–Crippen LogP) is 1.62. The lowest BCUT2D eigenvalue weighted by molar-refractivity contribution is -0.383. The van der Waals surface area contributed by atoms with Crippen LogP contribution in [0.4, 0.5) is 17.3 Å². The summed E-state index contributed by atoms with van der Waals surface area (Å²) in [6.07, 6.45) is 1.24. The molecule has 3 N–H and O–H groups in total. The zero-order valence-electron chi connectivity index (χ0n) is 11.8. The van der Waals surface area contributed by atoms with E-state index in [1.165, 1.54) is 6.33 Å². The summed E-state index contributed by atoms with van der Waals surface area (Å²) >= 11 is 0.